The molecule has 0 unspecified atom stereocenters. The molecule has 0 bridgehead atoms. The lowest BCUT2D eigenvalue weighted by Gasteiger charge is -2.20. The van der Waals surface area contributed by atoms with E-state index < -0.39 is 15.9 Å². The zero-order chi connectivity index (χ0) is 17.7. The van der Waals surface area contributed by atoms with Crippen LogP contribution >= 0.6 is 27.5 Å². The first kappa shape index (κ1) is 18.9. The van der Waals surface area contributed by atoms with Crippen LogP contribution in [0.25, 0.3) is 0 Å². The number of sulfonamides is 1. The maximum absolute atomic E-state index is 12.2. The molecule has 0 aromatic heterocycles. The van der Waals surface area contributed by atoms with Crippen LogP contribution in [0.5, 0.6) is 0 Å². The van der Waals surface area contributed by atoms with E-state index in [-0.39, 0.29) is 13.1 Å². The smallest absolute Gasteiger partial charge is 0.239 e. The second kappa shape index (κ2) is 8.11. The predicted molar refractivity (Wildman–Crippen MR) is 99.5 cm³/mol. The zero-order valence-corrected chi connectivity index (χ0v) is 16.0. The number of nitrogens with one attached hydrogen (secondary N) is 1. The van der Waals surface area contributed by atoms with Crippen molar-refractivity contribution in [3.63, 3.8) is 0 Å². The van der Waals surface area contributed by atoms with Crippen LogP contribution in [0.1, 0.15) is 5.56 Å². The van der Waals surface area contributed by atoms with Gasteiger partial charge in [0.1, 0.15) is 0 Å². The Morgan fingerprint density at radius 2 is 1.79 bits per heavy atom. The highest BCUT2D eigenvalue weighted by Crippen LogP contribution is 2.22. The SMILES string of the molecule is CS(=O)(=O)N(CC(=O)Nc1ccccc1Br)Cc1ccccc1Cl. The molecule has 1 N–H and O–H groups in total. The summed E-state index contributed by atoms with van der Waals surface area (Å²) in [6.07, 6.45) is 1.07. The number of benzene rings is 2. The number of halogens is 2. The normalized spacial score (nSPS) is 11.5. The molecule has 2 aromatic carbocycles. The molecule has 2 aromatic rings. The largest absolute Gasteiger partial charge is 0.324 e. The number of hydrogen-bond acceptors (Lipinski definition) is 3. The van der Waals surface area contributed by atoms with E-state index in [1.165, 1.54) is 0 Å². The van der Waals surface area contributed by atoms with Crippen molar-refractivity contribution in [1.82, 2.24) is 4.31 Å². The van der Waals surface area contributed by atoms with Crippen LogP contribution in [0.15, 0.2) is 53.0 Å². The van der Waals surface area contributed by atoms with Crippen molar-refractivity contribution in [2.45, 2.75) is 6.54 Å². The number of hydrogen-bond donors (Lipinski definition) is 1. The van der Waals surface area contributed by atoms with Crippen molar-refractivity contribution in [3.8, 4) is 0 Å². The van der Waals surface area contributed by atoms with E-state index >= 15 is 0 Å². The lowest BCUT2D eigenvalue weighted by molar-refractivity contribution is -0.116. The second-order valence-electron chi connectivity index (χ2n) is 5.15. The molecule has 1 amide bonds. The molecule has 0 radical (unpaired) electrons. The molecular formula is C16H16BrClN2O3S. The first-order valence-corrected chi connectivity index (χ1v) is 10.0. The minimum Gasteiger partial charge on any atom is -0.324 e. The Bertz CT molecular complexity index is 843. The third-order valence-electron chi connectivity index (χ3n) is 3.24. The van der Waals surface area contributed by atoms with E-state index in [9.17, 15) is 13.2 Å². The lowest BCUT2D eigenvalue weighted by Crippen LogP contribution is -2.37. The Labute approximate surface area is 154 Å². The number of carbonyl (C=O) groups is 1. The minimum absolute atomic E-state index is 0.0296. The van der Waals surface area contributed by atoms with Crippen molar-refractivity contribution in [1.29, 1.82) is 0 Å². The standard InChI is InChI=1S/C16H16BrClN2O3S/c1-24(22,23)20(10-12-6-2-4-8-14(12)18)11-16(21)19-15-9-5-3-7-13(15)17/h2-9H,10-11H2,1H3,(H,19,21). The van der Waals surface area contributed by atoms with E-state index in [0.29, 0.717) is 16.3 Å². The first-order valence-electron chi connectivity index (χ1n) is 7.00. The Balaban J connectivity index is 2.14. The van der Waals surface area contributed by atoms with Gasteiger partial charge in [-0.15, -0.1) is 0 Å². The number of rotatable bonds is 6. The number of amides is 1. The lowest BCUT2D eigenvalue weighted by atomic mass is 10.2. The Hall–Kier alpha value is -1.41. The van der Waals surface area contributed by atoms with Crippen molar-refractivity contribution in [2.24, 2.45) is 0 Å². The summed E-state index contributed by atoms with van der Waals surface area (Å²) in [4.78, 5) is 12.2. The molecule has 0 fully saturated rings. The molecule has 0 aliphatic heterocycles. The van der Waals surface area contributed by atoms with Crippen LogP contribution in [0.3, 0.4) is 0 Å². The summed E-state index contributed by atoms with van der Waals surface area (Å²) in [5.74, 6) is -0.431. The quantitative estimate of drug-likeness (QED) is 0.761. The van der Waals surface area contributed by atoms with Gasteiger partial charge in [-0.3, -0.25) is 4.79 Å². The van der Waals surface area contributed by atoms with Crippen molar-refractivity contribution in [2.75, 3.05) is 18.1 Å². The van der Waals surface area contributed by atoms with Gasteiger partial charge in [-0.1, -0.05) is 41.9 Å². The van der Waals surface area contributed by atoms with Gasteiger partial charge >= 0.3 is 0 Å². The van der Waals surface area contributed by atoms with Crippen LogP contribution in [0.4, 0.5) is 5.69 Å². The molecular weight excluding hydrogens is 416 g/mol. The molecule has 2 rings (SSSR count). The monoisotopic (exact) mass is 430 g/mol. The van der Waals surface area contributed by atoms with Crippen LogP contribution < -0.4 is 5.32 Å². The van der Waals surface area contributed by atoms with E-state index in [2.05, 4.69) is 21.2 Å². The van der Waals surface area contributed by atoms with Gasteiger partial charge in [0.25, 0.3) is 0 Å². The summed E-state index contributed by atoms with van der Waals surface area (Å²) in [7, 11) is -3.58. The van der Waals surface area contributed by atoms with Gasteiger partial charge in [0.05, 0.1) is 18.5 Å². The van der Waals surface area contributed by atoms with Gasteiger partial charge in [-0.2, -0.15) is 4.31 Å². The van der Waals surface area contributed by atoms with E-state index in [1.54, 1.807) is 42.5 Å². The molecule has 5 nitrogen and oxygen atoms in total. The van der Waals surface area contributed by atoms with Crippen molar-refractivity contribution in [3.05, 3.63) is 63.6 Å². The predicted octanol–water partition coefficient (Wildman–Crippen LogP) is 3.50. The van der Waals surface area contributed by atoms with E-state index in [0.717, 1.165) is 15.0 Å². The number of anilines is 1. The molecule has 24 heavy (non-hydrogen) atoms. The first-order chi connectivity index (χ1) is 11.3. The fourth-order valence-electron chi connectivity index (χ4n) is 2.02. The van der Waals surface area contributed by atoms with Crippen LogP contribution in [-0.2, 0) is 21.4 Å². The fourth-order valence-corrected chi connectivity index (χ4v) is 3.32. The maximum atomic E-state index is 12.2. The van der Waals surface area contributed by atoms with E-state index in [4.69, 9.17) is 11.6 Å². The summed E-state index contributed by atoms with van der Waals surface area (Å²) in [5, 5.41) is 3.14. The summed E-state index contributed by atoms with van der Waals surface area (Å²) in [5.41, 5.74) is 1.21. The van der Waals surface area contributed by atoms with Gasteiger partial charge in [0.15, 0.2) is 0 Å². The number of para-hydroxylation sites is 1. The molecule has 0 aliphatic carbocycles. The third-order valence-corrected chi connectivity index (χ3v) is 5.50. The van der Waals surface area contributed by atoms with Gasteiger partial charge in [-0.25, -0.2) is 8.42 Å². The maximum Gasteiger partial charge on any atom is 0.239 e. The minimum atomic E-state index is -3.58. The van der Waals surface area contributed by atoms with Crippen LogP contribution in [-0.4, -0.2) is 31.4 Å². The molecule has 0 heterocycles. The molecule has 8 heteroatoms. The Morgan fingerprint density at radius 1 is 1.17 bits per heavy atom. The van der Waals surface area contributed by atoms with Gasteiger partial charge < -0.3 is 5.32 Å². The average molecular weight is 432 g/mol. The highest BCUT2D eigenvalue weighted by Gasteiger charge is 2.21. The van der Waals surface area contributed by atoms with Crippen LogP contribution in [0.2, 0.25) is 5.02 Å². The second-order valence-corrected chi connectivity index (χ2v) is 8.39. The molecule has 0 saturated carbocycles. The van der Waals surface area contributed by atoms with Gasteiger partial charge in [0.2, 0.25) is 15.9 Å². The summed E-state index contributed by atoms with van der Waals surface area (Å²) in [6, 6.07) is 14.0. The van der Waals surface area contributed by atoms with Crippen LogP contribution in [0, 0.1) is 0 Å². The van der Waals surface area contributed by atoms with Gasteiger partial charge in [0, 0.05) is 16.0 Å². The highest BCUT2D eigenvalue weighted by molar-refractivity contribution is 9.10. The Morgan fingerprint density at radius 3 is 2.42 bits per heavy atom. The molecule has 0 spiro atoms. The van der Waals surface area contributed by atoms with Crippen molar-refractivity contribution >= 4 is 49.1 Å². The molecule has 0 aliphatic rings. The number of carbonyl (C=O) groups excluding carboxylic acids is 1. The number of nitrogens with zero attached hydrogens (tertiary/aromatic N) is 1. The third kappa shape index (κ3) is 5.31. The summed E-state index contributed by atoms with van der Waals surface area (Å²) < 4.78 is 25.8. The van der Waals surface area contributed by atoms with E-state index in [1.807, 2.05) is 6.07 Å². The molecule has 128 valence electrons. The summed E-state index contributed by atoms with van der Waals surface area (Å²) >= 11 is 9.41. The zero-order valence-electron chi connectivity index (χ0n) is 12.9. The fraction of sp³-hybridized carbons (Fsp3) is 0.188. The average Bonchev–Trinajstić information content (AvgIpc) is 2.50. The molecule has 0 saturated heterocycles. The Kier molecular flexibility index (Phi) is 6.40. The highest BCUT2D eigenvalue weighted by atomic mass is 79.9. The molecule has 0 atom stereocenters. The van der Waals surface area contributed by atoms with Crippen molar-refractivity contribution < 1.29 is 13.2 Å². The summed E-state index contributed by atoms with van der Waals surface area (Å²) in [6.45, 7) is -0.271. The van der Waals surface area contributed by atoms with Gasteiger partial charge in [-0.05, 0) is 39.7 Å². The topological polar surface area (TPSA) is 66.5 Å².